The Morgan fingerprint density at radius 3 is 2.77 bits per heavy atom. The summed E-state index contributed by atoms with van der Waals surface area (Å²) < 4.78 is 5.57. The standard InChI is InChI=1S/C17H18N2O3/c20-17(19-22-12-13-6-2-1-3-7-13)18-15-10-11-21-16-9-5-4-8-14(15)16/h1-9,15H,10-12H2,(H2,18,19,20). The van der Waals surface area contributed by atoms with Gasteiger partial charge in [-0.2, -0.15) is 0 Å². The van der Waals surface area contributed by atoms with Crippen LogP contribution in [0.2, 0.25) is 0 Å². The van der Waals surface area contributed by atoms with E-state index in [2.05, 4.69) is 10.8 Å². The van der Waals surface area contributed by atoms with E-state index >= 15 is 0 Å². The van der Waals surface area contributed by atoms with Crippen LogP contribution in [0.4, 0.5) is 4.79 Å². The third-order valence-electron chi connectivity index (χ3n) is 3.51. The summed E-state index contributed by atoms with van der Waals surface area (Å²) in [6.45, 7) is 0.922. The van der Waals surface area contributed by atoms with E-state index in [1.807, 2.05) is 54.6 Å². The van der Waals surface area contributed by atoms with Gasteiger partial charge in [-0.3, -0.25) is 4.84 Å². The van der Waals surface area contributed by atoms with Crippen molar-refractivity contribution in [2.45, 2.75) is 19.1 Å². The zero-order valence-corrected chi connectivity index (χ0v) is 12.1. The first kappa shape index (κ1) is 14.4. The lowest BCUT2D eigenvalue weighted by molar-refractivity contribution is 0.0475. The van der Waals surface area contributed by atoms with Gasteiger partial charge in [0.2, 0.25) is 0 Å². The van der Waals surface area contributed by atoms with Crippen LogP contribution >= 0.6 is 0 Å². The molecule has 2 aromatic carbocycles. The van der Waals surface area contributed by atoms with Gasteiger partial charge in [-0.25, -0.2) is 10.3 Å². The van der Waals surface area contributed by atoms with Gasteiger partial charge in [0.05, 0.1) is 19.3 Å². The molecule has 0 fully saturated rings. The summed E-state index contributed by atoms with van der Waals surface area (Å²) in [7, 11) is 0. The van der Waals surface area contributed by atoms with Crippen LogP contribution in [0.5, 0.6) is 5.75 Å². The molecule has 1 atom stereocenters. The van der Waals surface area contributed by atoms with Crippen molar-refractivity contribution < 1.29 is 14.4 Å². The molecule has 2 aromatic rings. The molecule has 0 saturated carbocycles. The van der Waals surface area contributed by atoms with Gasteiger partial charge in [0.15, 0.2) is 0 Å². The monoisotopic (exact) mass is 298 g/mol. The fourth-order valence-corrected chi connectivity index (χ4v) is 2.44. The number of carbonyl (C=O) groups excluding carboxylic acids is 1. The molecule has 0 saturated heterocycles. The second kappa shape index (κ2) is 6.95. The van der Waals surface area contributed by atoms with Crippen LogP contribution in [-0.4, -0.2) is 12.6 Å². The molecule has 0 radical (unpaired) electrons. The van der Waals surface area contributed by atoms with Gasteiger partial charge in [0.25, 0.3) is 0 Å². The van der Waals surface area contributed by atoms with Gasteiger partial charge < -0.3 is 10.1 Å². The normalized spacial score (nSPS) is 16.3. The van der Waals surface area contributed by atoms with Gasteiger partial charge in [-0.05, 0) is 11.6 Å². The van der Waals surface area contributed by atoms with Crippen molar-refractivity contribution in [2.24, 2.45) is 0 Å². The Balaban J connectivity index is 1.50. The van der Waals surface area contributed by atoms with Crippen molar-refractivity contribution in [3.63, 3.8) is 0 Å². The van der Waals surface area contributed by atoms with Gasteiger partial charge in [0.1, 0.15) is 5.75 Å². The number of hydrogen-bond donors (Lipinski definition) is 2. The van der Waals surface area contributed by atoms with Gasteiger partial charge in [-0.1, -0.05) is 48.5 Å². The second-order valence-corrected chi connectivity index (χ2v) is 5.08. The maximum absolute atomic E-state index is 11.9. The van der Waals surface area contributed by atoms with E-state index in [0.717, 1.165) is 23.3 Å². The minimum absolute atomic E-state index is 0.0646. The molecule has 1 aliphatic heterocycles. The number of hydroxylamine groups is 1. The van der Waals surface area contributed by atoms with E-state index in [1.165, 1.54) is 0 Å². The molecule has 22 heavy (non-hydrogen) atoms. The van der Waals surface area contributed by atoms with E-state index < -0.39 is 0 Å². The number of nitrogens with one attached hydrogen (secondary N) is 2. The van der Waals surface area contributed by atoms with Crippen molar-refractivity contribution in [1.82, 2.24) is 10.8 Å². The smallest absolute Gasteiger partial charge is 0.339 e. The lowest BCUT2D eigenvalue weighted by Crippen LogP contribution is -2.39. The third-order valence-corrected chi connectivity index (χ3v) is 3.51. The maximum atomic E-state index is 11.9. The van der Waals surface area contributed by atoms with Crippen molar-refractivity contribution in [3.05, 3.63) is 65.7 Å². The topological polar surface area (TPSA) is 59.6 Å². The first-order chi connectivity index (χ1) is 10.8. The Kier molecular flexibility index (Phi) is 4.56. The number of ether oxygens (including phenoxy) is 1. The molecule has 1 unspecified atom stereocenters. The average Bonchev–Trinajstić information content (AvgIpc) is 2.56. The molecule has 1 heterocycles. The minimum Gasteiger partial charge on any atom is -0.493 e. The van der Waals surface area contributed by atoms with Crippen molar-refractivity contribution >= 4 is 6.03 Å². The molecule has 1 aliphatic rings. The summed E-state index contributed by atoms with van der Waals surface area (Å²) >= 11 is 0. The highest BCUT2D eigenvalue weighted by Crippen LogP contribution is 2.31. The number of rotatable bonds is 4. The lowest BCUT2D eigenvalue weighted by atomic mass is 10.0. The van der Waals surface area contributed by atoms with Gasteiger partial charge >= 0.3 is 6.03 Å². The predicted molar refractivity (Wildman–Crippen MR) is 82.2 cm³/mol. The predicted octanol–water partition coefficient (Wildman–Crippen LogP) is 2.94. The largest absolute Gasteiger partial charge is 0.493 e. The molecule has 2 N–H and O–H groups in total. The quantitative estimate of drug-likeness (QED) is 0.853. The molecular weight excluding hydrogens is 280 g/mol. The zero-order chi connectivity index (χ0) is 15.2. The molecule has 2 amide bonds. The van der Waals surface area contributed by atoms with Crippen LogP contribution in [0.1, 0.15) is 23.6 Å². The van der Waals surface area contributed by atoms with E-state index in [-0.39, 0.29) is 12.1 Å². The van der Waals surface area contributed by atoms with Crippen LogP contribution in [0.15, 0.2) is 54.6 Å². The van der Waals surface area contributed by atoms with E-state index in [9.17, 15) is 4.79 Å². The summed E-state index contributed by atoms with van der Waals surface area (Å²) in [5.41, 5.74) is 4.41. The Hall–Kier alpha value is -2.53. The highest BCUT2D eigenvalue weighted by molar-refractivity contribution is 5.73. The van der Waals surface area contributed by atoms with Crippen LogP contribution in [0.25, 0.3) is 0 Å². The van der Waals surface area contributed by atoms with Crippen LogP contribution < -0.4 is 15.5 Å². The number of urea groups is 1. The Morgan fingerprint density at radius 2 is 1.91 bits per heavy atom. The Labute approximate surface area is 129 Å². The molecule has 5 heteroatoms. The first-order valence-electron chi connectivity index (χ1n) is 7.27. The summed E-state index contributed by atoms with van der Waals surface area (Å²) in [4.78, 5) is 17.1. The molecular formula is C17H18N2O3. The SMILES string of the molecule is O=C(NOCc1ccccc1)NC1CCOc2ccccc21. The van der Waals surface area contributed by atoms with Crippen LogP contribution in [0, 0.1) is 0 Å². The number of carbonyl (C=O) groups is 1. The molecule has 5 nitrogen and oxygen atoms in total. The third kappa shape index (κ3) is 3.56. The molecule has 0 aromatic heterocycles. The molecule has 0 bridgehead atoms. The number of amides is 2. The maximum Gasteiger partial charge on any atom is 0.339 e. The lowest BCUT2D eigenvalue weighted by Gasteiger charge is -2.26. The summed E-state index contributed by atoms with van der Waals surface area (Å²) in [5.74, 6) is 0.823. The molecule has 0 aliphatic carbocycles. The van der Waals surface area contributed by atoms with Crippen LogP contribution in [-0.2, 0) is 11.4 Å². The highest BCUT2D eigenvalue weighted by atomic mass is 16.7. The highest BCUT2D eigenvalue weighted by Gasteiger charge is 2.22. The molecule has 3 rings (SSSR count). The van der Waals surface area contributed by atoms with Gasteiger partial charge in [-0.15, -0.1) is 0 Å². The minimum atomic E-state index is -0.349. The zero-order valence-electron chi connectivity index (χ0n) is 12.1. The first-order valence-corrected chi connectivity index (χ1v) is 7.27. The number of hydrogen-bond acceptors (Lipinski definition) is 3. The second-order valence-electron chi connectivity index (χ2n) is 5.08. The van der Waals surface area contributed by atoms with Gasteiger partial charge in [0, 0.05) is 12.0 Å². The fraction of sp³-hybridized carbons (Fsp3) is 0.235. The summed E-state index contributed by atoms with van der Waals surface area (Å²) in [6, 6.07) is 17.0. The summed E-state index contributed by atoms with van der Waals surface area (Å²) in [5, 5.41) is 2.91. The van der Waals surface area contributed by atoms with E-state index in [4.69, 9.17) is 9.57 Å². The Morgan fingerprint density at radius 1 is 1.14 bits per heavy atom. The number of fused-ring (bicyclic) bond motifs is 1. The van der Waals surface area contributed by atoms with Crippen molar-refractivity contribution in [3.8, 4) is 5.75 Å². The van der Waals surface area contributed by atoms with Crippen molar-refractivity contribution in [2.75, 3.05) is 6.61 Å². The van der Waals surface area contributed by atoms with E-state index in [1.54, 1.807) is 0 Å². The van der Waals surface area contributed by atoms with Crippen LogP contribution in [0.3, 0.4) is 0 Å². The van der Waals surface area contributed by atoms with E-state index in [0.29, 0.717) is 13.2 Å². The number of para-hydroxylation sites is 1. The fourth-order valence-electron chi connectivity index (χ4n) is 2.44. The summed E-state index contributed by atoms with van der Waals surface area (Å²) in [6.07, 6.45) is 0.739. The molecule has 0 spiro atoms. The van der Waals surface area contributed by atoms with Crippen molar-refractivity contribution in [1.29, 1.82) is 0 Å². The Bertz CT molecular complexity index is 631. The average molecular weight is 298 g/mol. The number of benzene rings is 2. The molecule has 114 valence electrons.